The van der Waals surface area contributed by atoms with Crippen LogP contribution in [0.1, 0.15) is 28.0 Å². The average molecular weight is 345 g/mol. The number of morpholine rings is 1. The van der Waals surface area contributed by atoms with Crippen molar-refractivity contribution in [3.8, 4) is 0 Å². The number of rotatable bonds is 5. The molecule has 6 heteroatoms. The maximum atomic E-state index is 12.1. The van der Waals surface area contributed by atoms with Crippen LogP contribution in [-0.2, 0) is 16.0 Å². The summed E-state index contributed by atoms with van der Waals surface area (Å²) < 4.78 is 5.37. The van der Waals surface area contributed by atoms with E-state index in [2.05, 4.69) is 47.7 Å². The molecule has 0 aliphatic carbocycles. The summed E-state index contributed by atoms with van der Waals surface area (Å²) in [5, 5.41) is 6.83. The lowest BCUT2D eigenvalue weighted by atomic mass is 10.0. The zero-order chi connectivity index (χ0) is 16.9. The minimum absolute atomic E-state index is 0.0231. The second-order valence-corrected chi connectivity index (χ2v) is 7.32. The Hall–Kier alpha value is -1.76. The van der Waals surface area contributed by atoms with Crippen molar-refractivity contribution in [2.75, 3.05) is 25.1 Å². The second kappa shape index (κ2) is 7.88. The number of ether oxygens (including phenoxy) is 1. The molecular weight excluding hydrogens is 322 g/mol. The number of thiazole rings is 1. The number of hydrogen-bond acceptors (Lipinski definition) is 5. The van der Waals surface area contributed by atoms with Gasteiger partial charge < -0.3 is 15.4 Å². The smallest absolute Gasteiger partial charge is 0.227 e. The lowest BCUT2D eigenvalue weighted by molar-refractivity contribution is -0.117. The molecule has 128 valence electrons. The summed E-state index contributed by atoms with van der Waals surface area (Å²) in [7, 11) is 0. The number of anilines is 1. The normalized spacial score (nSPS) is 17.7. The van der Waals surface area contributed by atoms with Crippen LogP contribution in [0.25, 0.3) is 0 Å². The molecule has 0 spiro atoms. The van der Waals surface area contributed by atoms with Gasteiger partial charge in [-0.25, -0.2) is 4.98 Å². The van der Waals surface area contributed by atoms with Crippen LogP contribution in [0, 0.1) is 13.8 Å². The zero-order valence-corrected chi connectivity index (χ0v) is 14.9. The maximum Gasteiger partial charge on any atom is 0.227 e. The lowest BCUT2D eigenvalue weighted by Gasteiger charge is -2.22. The Labute approximate surface area is 146 Å². The number of benzene rings is 1. The van der Waals surface area contributed by atoms with Gasteiger partial charge in [-0.2, -0.15) is 0 Å². The molecule has 1 atom stereocenters. The van der Waals surface area contributed by atoms with Crippen molar-refractivity contribution in [3.05, 3.63) is 46.0 Å². The zero-order valence-electron chi connectivity index (χ0n) is 14.1. The fourth-order valence-corrected chi connectivity index (χ4v) is 3.57. The molecule has 1 fully saturated rings. The van der Waals surface area contributed by atoms with Crippen LogP contribution < -0.4 is 10.6 Å². The Morgan fingerprint density at radius 2 is 2.29 bits per heavy atom. The van der Waals surface area contributed by atoms with Crippen molar-refractivity contribution < 1.29 is 9.53 Å². The third-order valence-corrected chi connectivity index (χ3v) is 5.09. The number of nitrogens with one attached hydrogen (secondary N) is 2. The molecule has 1 amide bonds. The number of carbonyl (C=O) groups excluding carboxylic acids is 1. The van der Waals surface area contributed by atoms with Gasteiger partial charge in [0.05, 0.1) is 13.2 Å². The summed E-state index contributed by atoms with van der Waals surface area (Å²) in [4.78, 5) is 17.6. The van der Waals surface area contributed by atoms with E-state index in [1.54, 1.807) is 0 Å². The minimum Gasteiger partial charge on any atom is -0.378 e. The van der Waals surface area contributed by atoms with Crippen LogP contribution in [0.5, 0.6) is 0 Å². The number of carbonyl (C=O) groups is 1. The largest absolute Gasteiger partial charge is 0.378 e. The summed E-state index contributed by atoms with van der Waals surface area (Å²) in [6, 6.07) is 6.60. The van der Waals surface area contributed by atoms with E-state index in [4.69, 9.17) is 4.74 Å². The highest BCUT2D eigenvalue weighted by atomic mass is 32.1. The van der Waals surface area contributed by atoms with E-state index in [-0.39, 0.29) is 11.9 Å². The van der Waals surface area contributed by atoms with Crippen molar-refractivity contribution in [1.82, 2.24) is 10.3 Å². The van der Waals surface area contributed by atoms with Crippen molar-refractivity contribution in [2.24, 2.45) is 0 Å². The number of aryl methyl sites for hydroxylation is 2. The first-order chi connectivity index (χ1) is 11.6. The van der Waals surface area contributed by atoms with Gasteiger partial charge in [-0.15, -0.1) is 11.3 Å². The van der Waals surface area contributed by atoms with E-state index < -0.39 is 0 Å². The summed E-state index contributed by atoms with van der Waals surface area (Å²) in [6.07, 6.45) is 3.09. The summed E-state index contributed by atoms with van der Waals surface area (Å²) in [6.45, 7) is 6.34. The van der Waals surface area contributed by atoms with Gasteiger partial charge in [0.25, 0.3) is 0 Å². The molecule has 1 aromatic heterocycles. The molecule has 2 heterocycles. The van der Waals surface area contributed by atoms with Crippen molar-refractivity contribution in [3.63, 3.8) is 0 Å². The third-order valence-electron chi connectivity index (χ3n) is 4.18. The van der Waals surface area contributed by atoms with Crippen molar-refractivity contribution in [2.45, 2.75) is 32.7 Å². The molecule has 0 bridgehead atoms. The standard InChI is InChI=1S/C18H23N3O2S/c1-12-3-4-14(7-13(12)2)8-16-10-20-18(24-16)21-17(22)9-15-11-23-6-5-19-15/h3-4,7,10,15,19H,5-6,8-9,11H2,1-2H3,(H,20,21,22). The highest BCUT2D eigenvalue weighted by Crippen LogP contribution is 2.22. The van der Waals surface area contributed by atoms with Gasteiger partial charge in [0.1, 0.15) is 0 Å². The van der Waals surface area contributed by atoms with E-state index in [0.717, 1.165) is 17.8 Å². The Balaban J connectivity index is 1.54. The molecule has 1 aromatic carbocycles. The first kappa shape index (κ1) is 17.1. The molecular formula is C18H23N3O2S. The highest BCUT2D eigenvalue weighted by molar-refractivity contribution is 7.15. The minimum atomic E-state index is -0.0231. The Kier molecular flexibility index (Phi) is 5.60. The summed E-state index contributed by atoms with van der Waals surface area (Å²) in [5.74, 6) is -0.0231. The molecule has 1 saturated heterocycles. The Morgan fingerprint density at radius 1 is 1.42 bits per heavy atom. The number of hydrogen-bond donors (Lipinski definition) is 2. The van der Waals surface area contributed by atoms with E-state index in [1.165, 1.54) is 28.0 Å². The van der Waals surface area contributed by atoms with Crippen LogP contribution in [0.2, 0.25) is 0 Å². The quantitative estimate of drug-likeness (QED) is 0.874. The van der Waals surface area contributed by atoms with E-state index in [0.29, 0.717) is 24.8 Å². The Bertz CT molecular complexity index is 708. The summed E-state index contributed by atoms with van der Waals surface area (Å²) in [5.41, 5.74) is 3.87. The van der Waals surface area contributed by atoms with Gasteiger partial charge in [0.2, 0.25) is 5.91 Å². The fraction of sp³-hybridized carbons (Fsp3) is 0.444. The predicted molar refractivity (Wildman–Crippen MR) is 96.7 cm³/mol. The topological polar surface area (TPSA) is 63.2 Å². The first-order valence-electron chi connectivity index (χ1n) is 8.22. The maximum absolute atomic E-state index is 12.1. The van der Waals surface area contributed by atoms with Crippen molar-refractivity contribution in [1.29, 1.82) is 0 Å². The number of amides is 1. The number of aromatic nitrogens is 1. The van der Waals surface area contributed by atoms with Gasteiger partial charge in [-0.3, -0.25) is 4.79 Å². The van der Waals surface area contributed by atoms with Gasteiger partial charge in [-0.05, 0) is 30.5 Å². The van der Waals surface area contributed by atoms with Gasteiger partial charge in [0, 0.05) is 36.5 Å². The third kappa shape index (κ3) is 4.63. The predicted octanol–water partition coefficient (Wildman–Crippen LogP) is 2.67. The molecule has 2 aromatic rings. The monoisotopic (exact) mass is 345 g/mol. The van der Waals surface area contributed by atoms with Crippen LogP contribution in [0.15, 0.2) is 24.4 Å². The van der Waals surface area contributed by atoms with Crippen LogP contribution in [0.4, 0.5) is 5.13 Å². The van der Waals surface area contributed by atoms with Crippen LogP contribution in [0.3, 0.4) is 0 Å². The van der Waals surface area contributed by atoms with Crippen molar-refractivity contribution >= 4 is 22.4 Å². The SMILES string of the molecule is Cc1ccc(Cc2cnc(NC(=O)CC3COCCN3)s2)cc1C. The molecule has 1 aliphatic rings. The number of nitrogens with zero attached hydrogens (tertiary/aromatic N) is 1. The van der Waals surface area contributed by atoms with Gasteiger partial charge >= 0.3 is 0 Å². The molecule has 1 unspecified atom stereocenters. The molecule has 24 heavy (non-hydrogen) atoms. The van der Waals surface area contributed by atoms with E-state index in [9.17, 15) is 4.79 Å². The van der Waals surface area contributed by atoms with Gasteiger partial charge in [0.15, 0.2) is 5.13 Å². The summed E-state index contributed by atoms with van der Waals surface area (Å²) >= 11 is 1.53. The fourth-order valence-electron chi connectivity index (χ4n) is 2.71. The molecule has 2 N–H and O–H groups in total. The van der Waals surface area contributed by atoms with Crippen LogP contribution >= 0.6 is 11.3 Å². The lowest BCUT2D eigenvalue weighted by Crippen LogP contribution is -2.43. The van der Waals surface area contributed by atoms with Gasteiger partial charge in [-0.1, -0.05) is 18.2 Å². The molecule has 1 aliphatic heterocycles. The van der Waals surface area contributed by atoms with E-state index >= 15 is 0 Å². The highest BCUT2D eigenvalue weighted by Gasteiger charge is 2.17. The molecule has 0 radical (unpaired) electrons. The average Bonchev–Trinajstić information content (AvgIpc) is 2.98. The van der Waals surface area contributed by atoms with Crippen LogP contribution in [-0.4, -0.2) is 36.7 Å². The molecule has 5 nitrogen and oxygen atoms in total. The van der Waals surface area contributed by atoms with E-state index in [1.807, 2.05) is 6.20 Å². The second-order valence-electron chi connectivity index (χ2n) is 6.21. The molecule has 0 saturated carbocycles. The Morgan fingerprint density at radius 3 is 3.04 bits per heavy atom. The first-order valence-corrected chi connectivity index (χ1v) is 9.03. The molecule has 3 rings (SSSR count).